The number of fused-ring (bicyclic) bond motifs is 9. The van der Waals surface area contributed by atoms with Gasteiger partial charge in [0.25, 0.3) is 0 Å². The lowest BCUT2D eigenvalue weighted by molar-refractivity contribution is 0.669. The van der Waals surface area contributed by atoms with Gasteiger partial charge in [0.1, 0.15) is 11.2 Å². The van der Waals surface area contributed by atoms with Crippen molar-refractivity contribution in [3.8, 4) is 33.4 Å². The second-order valence-corrected chi connectivity index (χ2v) is 12.4. The average molecular weight is 662 g/mol. The van der Waals surface area contributed by atoms with Crippen LogP contribution in [0.2, 0.25) is 0 Å². The summed E-state index contributed by atoms with van der Waals surface area (Å²) in [5.41, 5.74) is 2.56. The first-order chi connectivity index (χ1) is 31.6. The minimum atomic E-state index is -0.760. The van der Waals surface area contributed by atoms with Crippen LogP contribution in [-0.4, -0.2) is 0 Å². The summed E-state index contributed by atoms with van der Waals surface area (Å²) in [6.45, 7) is 0. The van der Waals surface area contributed by atoms with E-state index in [2.05, 4.69) is 0 Å². The first kappa shape index (κ1) is 17.3. The normalized spacial score (nSPS) is 16.0. The van der Waals surface area contributed by atoms with Crippen LogP contribution in [0.1, 0.15) is 20.6 Å². The molecule has 11 aromatic rings. The summed E-state index contributed by atoms with van der Waals surface area (Å²) in [4.78, 5) is 0. The maximum absolute atomic E-state index is 9.57. The summed E-state index contributed by atoms with van der Waals surface area (Å²) in [5.74, 6) is 0. The van der Waals surface area contributed by atoms with Gasteiger partial charge in [0.2, 0.25) is 0 Å². The van der Waals surface area contributed by atoms with E-state index >= 15 is 0 Å². The Morgan fingerprint density at radius 2 is 0.882 bits per heavy atom. The van der Waals surface area contributed by atoms with Gasteiger partial charge in [-0.1, -0.05) is 169 Å². The van der Waals surface area contributed by atoms with Gasteiger partial charge in [-0.15, -0.1) is 0 Å². The quantitative estimate of drug-likeness (QED) is 0.172. The number of hydrogen-bond donors (Lipinski definition) is 0. The summed E-state index contributed by atoms with van der Waals surface area (Å²) in [5, 5.41) is 3.26. The fraction of sp³-hybridized carbons (Fsp3) is 0. The molecular formula is C50H30O. The third-order valence-corrected chi connectivity index (χ3v) is 9.81. The van der Waals surface area contributed by atoms with Crippen LogP contribution >= 0.6 is 0 Å². The Balaban J connectivity index is 1.36. The lowest BCUT2D eigenvalue weighted by Crippen LogP contribution is -1.93. The van der Waals surface area contributed by atoms with Crippen molar-refractivity contribution in [3.63, 3.8) is 0 Å². The van der Waals surface area contributed by atoms with Gasteiger partial charge in [0.15, 0.2) is 0 Å². The van der Waals surface area contributed by atoms with Crippen LogP contribution in [-0.2, 0) is 0 Å². The van der Waals surface area contributed by atoms with Gasteiger partial charge in [0, 0.05) is 10.8 Å². The molecule has 0 aliphatic rings. The van der Waals surface area contributed by atoms with Crippen molar-refractivity contribution in [3.05, 3.63) is 182 Å². The van der Waals surface area contributed by atoms with Gasteiger partial charge in [-0.05, 0) is 99.4 Å². The van der Waals surface area contributed by atoms with Crippen molar-refractivity contribution >= 4 is 75.8 Å². The highest BCUT2D eigenvalue weighted by atomic mass is 16.3. The van der Waals surface area contributed by atoms with Gasteiger partial charge in [-0.3, -0.25) is 0 Å². The summed E-state index contributed by atoms with van der Waals surface area (Å²) in [6.07, 6.45) is 0. The van der Waals surface area contributed by atoms with E-state index in [0.717, 1.165) is 32.7 Å². The molecule has 0 saturated carbocycles. The van der Waals surface area contributed by atoms with Crippen LogP contribution < -0.4 is 0 Å². The SMILES string of the molecule is [2H]c1c([2H])c([2H])c2c(-c3c4c([2H])c([2H])c([2H])c([2H])c4c(-c4ccc(-c5cccc6oc7ccc8ccccc8c7c56)c5ccccc45)c4c([2H])c([2H])c([2H])c([2H])c34)c([2H])c([2H])c([2H])c2c1[2H]. The Kier molecular flexibility index (Phi) is 3.70. The van der Waals surface area contributed by atoms with E-state index in [-0.39, 0.29) is 32.7 Å². The molecule has 0 amide bonds. The molecule has 0 saturated heterocycles. The molecule has 10 aromatic carbocycles. The highest BCUT2D eigenvalue weighted by Crippen LogP contribution is 2.48. The summed E-state index contributed by atoms with van der Waals surface area (Å²) >= 11 is 0. The Hall–Kier alpha value is -6.70. The smallest absolute Gasteiger partial charge is 0.136 e. The van der Waals surface area contributed by atoms with E-state index in [0.29, 0.717) is 27.5 Å². The van der Waals surface area contributed by atoms with Gasteiger partial charge in [-0.25, -0.2) is 0 Å². The third kappa shape index (κ3) is 4.09. The minimum Gasteiger partial charge on any atom is -0.456 e. The number of furan rings is 1. The molecule has 236 valence electrons. The molecular weight excluding hydrogens is 617 g/mol. The minimum absolute atomic E-state index is 0.0319. The Labute approximate surface area is 315 Å². The fourth-order valence-electron chi connectivity index (χ4n) is 7.71. The standard InChI is InChI=1S/C50H30O/c1-3-16-33-31(13-1)15-11-24-38(33)47-40-20-7-9-22-42(40)48(43-23-10-8-21-41(43)47)44-29-28-37(35-18-5-6-19-36(35)44)39-25-12-26-45-50(39)49-34-17-4-2-14-32(34)27-30-46(49)51-45/h1-30H/i1D,3D,7D,8D,9D,10D,11D,13D,15D,16D,20D,21D,22D,23D,24D. The first-order valence-corrected chi connectivity index (χ1v) is 16.4. The Morgan fingerprint density at radius 1 is 0.314 bits per heavy atom. The van der Waals surface area contributed by atoms with E-state index in [9.17, 15) is 6.85 Å². The van der Waals surface area contributed by atoms with Crippen molar-refractivity contribution in [2.24, 2.45) is 0 Å². The molecule has 1 heterocycles. The highest BCUT2D eigenvalue weighted by Gasteiger charge is 2.21. The van der Waals surface area contributed by atoms with Crippen molar-refractivity contribution in [2.45, 2.75) is 0 Å². The molecule has 0 fully saturated rings. The average Bonchev–Trinajstić information content (AvgIpc) is 3.73. The fourth-order valence-corrected chi connectivity index (χ4v) is 7.71. The molecule has 0 bridgehead atoms. The molecule has 1 aromatic heterocycles. The van der Waals surface area contributed by atoms with Crippen LogP contribution in [0, 0.1) is 0 Å². The first-order valence-electron chi connectivity index (χ1n) is 23.9. The van der Waals surface area contributed by atoms with Crippen molar-refractivity contribution in [1.82, 2.24) is 0 Å². The molecule has 0 aliphatic carbocycles. The predicted molar refractivity (Wildman–Crippen MR) is 218 cm³/mol. The highest BCUT2D eigenvalue weighted by molar-refractivity contribution is 6.27. The van der Waals surface area contributed by atoms with Crippen molar-refractivity contribution in [1.29, 1.82) is 0 Å². The van der Waals surface area contributed by atoms with Crippen LogP contribution in [0.15, 0.2) is 186 Å². The van der Waals surface area contributed by atoms with Crippen molar-refractivity contribution < 1.29 is 25.0 Å². The molecule has 1 nitrogen and oxygen atoms in total. The molecule has 0 N–H and O–H groups in total. The molecule has 1 heteroatoms. The lowest BCUT2D eigenvalue weighted by atomic mass is 9.83. The second kappa shape index (κ2) is 10.9. The zero-order valence-electron chi connectivity index (χ0n) is 41.6. The van der Waals surface area contributed by atoms with Gasteiger partial charge >= 0.3 is 0 Å². The zero-order valence-corrected chi connectivity index (χ0v) is 26.6. The lowest BCUT2D eigenvalue weighted by Gasteiger charge is -2.20. The number of hydrogen-bond acceptors (Lipinski definition) is 1. The summed E-state index contributed by atoms with van der Waals surface area (Å²) in [7, 11) is 0. The molecule has 0 atom stereocenters. The number of rotatable bonds is 3. The van der Waals surface area contributed by atoms with Crippen LogP contribution in [0.4, 0.5) is 0 Å². The zero-order chi connectivity index (χ0) is 46.5. The molecule has 0 aliphatic heterocycles. The molecule has 0 unspecified atom stereocenters. The molecule has 0 spiro atoms. The second-order valence-electron chi connectivity index (χ2n) is 12.4. The van der Waals surface area contributed by atoms with Gasteiger partial charge < -0.3 is 4.42 Å². The van der Waals surface area contributed by atoms with Crippen LogP contribution in [0.3, 0.4) is 0 Å². The predicted octanol–water partition coefficient (Wildman–Crippen LogP) is 14.4. The summed E-state index contributed by atoms with van der Waals surface area (Å²) < 4.78 is 142. The van der Waals surface area contributed by atoms with Crippen LogP contribution in [0.5, 0.6) is 0 Å². The monoisotopic (exact) mass is 661 g/mol. The molecule has 0 radical (unpaired) electrons. The largest absolute Gasteiger partial charge is 0.456 e. The third-order valence-electron chi connectivity index (χ3n) is 9.81. The topological polar surface area (TPSA) is 13.1 Å². The maximum Gasteiger partial charge on any atom is 0.136 e. The Bertz CT molecular complexity index is 3970. The van der Waals surface area contributed by atoms with Crippen LogP contribution in [0.25, 0.3) is 109 Å². The van der Waals surface area contributed by atoms with E-state index in [1.165, 1.54) is 0 Å². The van der Waals surface area contributed by atoms with Crippen molar-refractivity contribution in [2.75, 3.05) is 0 Å². The van der Waals surface area contributed by atoms with E-state index in [1.807, 2.05) is 78.9 Å². The van der Waals surface area contributed by atoms with E-state index in [4.69, 9.17) is 18.1 Å². The maximum atomic E-state index is 9.57. The Morgan fingerprint density at radius 3 is 1.63 bits per heavy atom. The molecule has 51 heavy (non-hydrogen) atoms. The molecule has 11 rings (SSSR count). The summed E-state index contributed by atoms with van der Waals surface area (Å²) in [6, 6.07) is 18.5. The van der Waals surface area contributed by atoms with Gasteiger partial charge in [0.05, 0.1) is 20.6 Å². The van der Waals surface area contributed by atoms with Gasteiger partial charge in [-0.2, -0.15) is 0 Å². The van der Waals surface area contributed by atoms with E-state index in [1.54, 1.807) is 12.1 Å². The van der Waals surface area contributed by atoms with E-state index < -0.39 is 107 Å². The number of benzene rings is 10.